The van der Waals surface area contributed by atoms with Crippen molar-refractivity contribution in [3.63, 3.8) is 0 Å². The maximum atomic E-state index is 13.8. The lowest BCUT2D eigenvalue weighted by Gasteiger charge is -2.54. The molecule has 0 spiro atoms. The fourth-order valence-corrected chi connectivity index (χ4v) is 7.11. The van der Waals surface area contributed by atoms with Crippen molar-refractivity contribution in [2.45, 2.75) is 44.2 Å². The minimum absolute atomic E-state index is 0.00184. The Balaban J connectivity index is 1.14. The van der Waals surface area contributed by atoms with Crippen LogP contribution in [0.25, 0.3) is 5.65 Å². The first kappa shape index (κ1) is 24.8. The van der Waals surface area contributed by atoms with Gasteiger partial charge in [0, 0.05) is 61.7 Å². The summed E-state index contributed by atoms with van der Waals surface area (Å²) in [5.41, 5.74) is 3.83. The minimum Gasteiger partial charge on any atom is -0.733 e. The van der Waals surface area contributed by atoms with Gasteiger partial charge in [0.2, 0.25) is 5.91 Å². The molecule has 206 valence electrons. The highest BCUT2D eigenvalue weighted by Crippen LogP contribution is 2.47. The van der Waals surface area contributed by atoms with Crippen LogP contribution in [0.1, 0.15) is 35.8 Å². The molecule has 3 aliphatic rings. The maximum absolute atomic E-state index is 13.8. The van der Waals surface area contributed by atoms with Gasteiger partial charge < -0.3 is 25.2 Å². The van der Waals surface area contributed by atoms with Crippen molar-refractivity contribution in [1.29, 1.82) is 0 Å². The summed E-state index contributed by atoms with van der Waals surface area (Å²) in [5.74, 6) is 0.759. The summed E-state index contributed by atoms with van der Waals surface area (Å²) in [6.07, 6.45) is 4.71. The first-order valence-electron chi connectivity index (χ1n) is 13.8. The summed E-state index contributed by atoms with van der Waals surface area (Å²) >= 11 is 0. The monoisotopic (exact) mass is 540 g/mol. The van der Waals surface area contributed by atoms with Crippen LogP contribution >= 0.6 is 0 Å². The van der Waals surface area contributed by atoms with E-state index >= 15 is 0 Å². The van der Waals surface area contributed by atoms with Crippen LogP contribution in [0.3, 0.4) is 0 Å². The topological polar surface area (TPSA) is 131 Å². The molecule has 2 N–H and O–H groups in total. The number of carbonyl (C=O) groups is 1. The number of anilines is 2. The molecule has 1 saturated heterocycles. The zero-order valence-corrected chi connectivity index (χ0v) is 21.9. The standard InChI is InChI=1S/C29H30N7O4/c37-27-8-3-5-23-19-13-20(17-34(23)27)28-22(15-18-14-21(36(39)40)9-10-24(18)35(28)16-19)29(38)30-11-4-7-26-32-31-25-6-1-2-12-33(25)26/h1-3,5-6,8-10,12,14,19-20,22,28,39H,4,7,11,13,15-17H2,(H,30,38)/q-1. The Morgan fingerprint density at radius 2 is 2.02 bits per heavy atom. The van der Waals surface area contributed by atoms with E-state index in [9.17, 15) is 20.0 Å². The van der Waals surface area contributed by atoms with Gasteiger partial charge in [0.25, 0.3) is 5.56 Å². The molecule has 4 unspecified atom stereocenters. The fraction of sp³-hybridized carbons (Fsp3) is 0.379. The Labute approximate surface area is 230 Å². The molecular weight excluding hydrogens is 510 g/mol. The van der Waals surface area contributed by atoms with Crippen molar-refractivity contribution in [3.8, 4) is 0 Å². The number of aromatic nitrogens is 4. The Kier molecular flexibility index (Phi) is 6.05. The van der Waals surface area contributed by atoms with Crippen molar-refractivity contribution in [3.05, 3.63) is 93.4 Å². The quantitative estimate of drug-likeness (QED) is 0.282. The number of rotatable bonds is 6. The lowest BCUT2D eigenvalue weighted by atomic mass is 9.70. The molecule has 7 rings (SSSR count). The molecule has 2 bridgehead atoms. The summed E-state index contributed by atoms with van der Waals surface area (Å²) in [5, 5.41) is 32.7. The van der Waals surface area contributed by atoms with E-state index in [1.54, 1.807) is 18.2 Å². The molecule has 11 heteroatoms. The largest absolute Gasteiger partial charge is 0.733 e. The highest BCUT2D eigenvalue weighted by molar-refractivity contribution is 5.82. The number of aryl methyl sites for hydroxylation is 1. The average molecular weight is 541 g/mol. The van der Waals surface area contributed by atoms with E-state index < -0.39 is 0 Å². The summed E-state index contributed by atoms with van der Waals surface area (Å²) in [6, 6.07) is 16.3. The molecule has 6 heterocycles. The Bertz CT molecular complexity index is 1650. The van der Waals surface area contributed by atoms with Crippen LogP contribution < -0.4 is 21.0 Å². The highest BCUT2D eigenvalue weighted by atomic mass is 16.8. The van der Waals surface area contributed by atoms with Gasteiger partial charge in [-0.15, -0.1) is 10.2 Å². The van der Waals surface area contributed by atoms with Crippen molar-refractivity contribution in [1.82, 2.24) is 24.5 Å². The molecule has 1 aromatic carbocycles. The number of hydrogen-bond acceptors (Lipinski definition) is 8. The normalized spacial score (nSPS) is 22.8. The molecule has 3 aromatic heterocycles. The minimum atomic E-state index is -0.359. The number of fused-ring (bicyclic) bond motifs is 9. The molecule has 4 atom stereocenters. The van der Waals surface area contributed by atoms with Gasteiger partial charge in [-0.1, -0.05) is 12.1 Å². The predicted molar refractivity (Wildman–Crippen MR) is 148 cm³/mol. The van der Waals surface area contributed by atoms with Gasteiger partial charge in [-0.3, -0.25) is 19.2 Å². The summed E-state index contributed by atoms with van der Waals surface area (Å²) in [7, 11) is 0. The van der Waals surface area contributed by atoms with E-state index in [0.717, 1.165) is 34.8 Å². The van der Waals surface area contributed by atoms with E-state index in [0.29, 0.717) is 38.9 Å². The third kappa shape index (κ3) is 4.13. The molecule has 1 amide bonds. The Hall–Kier alpha value is -4.22. The predicted octanol–water partition coefficient (Wildman–Crippen LogP) is 2.50. The molecule has 1 fully saturated rings. The van der Waals surface area contributed by atoms with Gasteiger partial charge >= 0.3 is 0 Å². The summed E-state index contributed by atoms with van der Waals surface area (Å²) < 4.78 is 3.84. The number of pyridine rings is 2. The van der Waals surface area contributed by atoms with Gasteiger partial charge in [0.1, 0.15) is 5.82 Å². The highest BCUT2D eigenvalue weighted by Gasteiger charge is 2.49. The van der Waals surface area contributed by atoms with Crippen LogP contribution in [-0.2, 0) is 24.2 Å². The number of hydrogen-bond donors (Lipinski definition) is 2. The van der Waals surface area contributed by atoms with Crippen LogP contribution in [-0.4, -0.2) is 49.4 Å². The first-order chi connectivity index (χ1) is 19.5. The third-order valence-electron chi connectivity index (χ3n) is 8.81. The van der Waals surface area contributed by atoms with Crippen molar-refractivity contribution in [2.24, 2.45) is 11.8 Å². The SMILES string of the molecule is O=C(NCCCc1nnc2ccccn12)C1Cc2cc(N([O-])O)ccc2N2CC3CC(Cn4c3cccc4=O)C12. The molecule has 4 aromatic rings. The van der Waals surface area contributed by atoms with E-state index in [2.05, 4.69) is 20.4 Å². The number of nitrogens with one attached hydrogen (secondary N) is 1. The number of amides is 1. The van der Waals surface area contributed by atoms with Crippen molar-refractivity contribution < 1.29 is 10.0 Å². The number of carbonyl (C=O) groups excluding carboxylic acids is 1. The molecule has 0 aliphatic carbocycles. The van der Waals surface area contributed by atoms with E-state index in [1.807, 2.05) is 51.6 Å². The first-order valence-corrected chi connectivity index (χ1v) is 13.8. The van der Waals surface area contributed by atoms with Gasteiger partial charge in [-0.05, 0) is 67.1 Å². The van der Waals surface area contributed by atoms with Crippen molar-refractivity contribution in [2.75, 3.05) is 23.2 Å². The molecule has 0 radical (unpaired) electrons. The van der Waals surface area contributed by atoms with Crippen LogP contribution in [0, 0.1) is 17.0 Å². The van der Waals surface area contributed by atoms with Crippen LogP contribution in [0.5, 0.6) is 0 Å². The maximum Gasteiger partial charge on any atom is 0.250 e. The van der Waals surface area contributed by atoms with Crippen LogP contribution in [0.15, 0.2) is 65.6 Å². The molecule has 11 nitrogen and oxygen atoms in total. The molecular formula is C29H30N7O4-. The second kappa shape index (κ2) is 9.76. The van der Waals surface area contributed by atoms with E-state index in [-0.39, 0.29) is 46.2 Å². The molecule has 40 heavy (non-hydrogen) atoms. The molecule has 0 saturated carbocycles. The number of piperidine rings is 1. The zero-order chi connectivity index (χ0) is 27.4. The fourth-order valence-electron chi connectivity index (χ4n) is 7.11. The zero-order valence-electron chi connectivity index (χ0n) is 21.9. The van der Waals surface area contributed by atoms with Gasteiger partial charge in [-0.25, -0.2) is 0 Å². The van der Waals surface area contributed by atoms with Gasteiger partial charge in [0.05, 0.1) is 11.6 Å². The Morgan fingerprint density at radius 1 is 1.12 bits per heavy atom. The number of nitrogens with zero attached hydrogens (tertiary/aromatic N) is 6. The van der Waals surface area contributed by atoms with E-state index in [4.69, 9.17) is 0 Å². The third-order valence-corrected chi connectivity index (χ3v) is 8.81. The summed E-state index contributed by atoms with van der Waals surface area (Å²) in [6.45, 7) is 1.76. The molecule has 3 aliphatic heterocycles. The van der Waals surface area contributed by atoms with Crippen LogP contribution in [0.4, 0.5) is 11.4 Å². The Morgan fingerprint density at radius 3 is 2.90 bits per heavy atom. The lowest BCUT2D eigenvalue weighted by Crippen LogP contribution is -2.61. The van der Waals surface area contributed by atoms with Gasteiger partial charge in [0.15, 0.2) is 5.65 Å². The van der Waals surface area contributed by atoms with Crippen LogP contribution in [0.2, 0.25) is 0 Å². The second-order valence-electron chi connectivity index (χ2n) is 11.1. The summed E-state index contributed by atoms with van der Waals surface area (Å²) in [4.78, 5) is 28.8. The lowest BCUT2D eigenvalue weighted by molar-refractivity contribution is -0.126. The number of benzene rings is 1. The second-order valence-corrected chi connectivity index (χ2v) is 11.1. The smallest absolute Gasteiger partial charge is 0.250 e. The average Bonchev–Trinajstić information content (AvgIpc) is 3.38. The van der Waals surface area contributed by atoms with E-state index in [1.165, 1.54) is 0 Å². The van der Waals surface area contributed by atoms with Gasteiger partial charge in [-0.2, -0.15) is 0 Å². The van der Waals surface area contributed by atoms with Crippen molar-refractivity contribution >= 4 is 22.9 Å².